The monoisotopic (exact) mass is 294 g/mol. The summed E-state index contributed by atoms with van der Waals surface area (Å²) in [7, 11) is 0. The molecule has 0 aliphatic heterocycles. The zero-order valence-electron chi connectivity index (χ0n) is 11.7. The maximum atomic E-state index is 12.3. The van der Waals surface area contributed by atoms with Crippen LogP contribution in [0.2, 0.25) is 5.02 Å². The molecule has 0 N–H and O–H groups in total. The van der Waals surface area contributed by atoms with Gasteiger partial charge >= 0.3 is 6.36 Å². The van der Waals surface area contributed by atoms with Gasteiger partial charge in [0.15, 0.2) is 0 Å². The van der Waals surface area contributed by atoms with E-state index >= 15 is 0 Å². The maximum Gasteiger partial charge on any atom is 0.573 e. The molecule has 1 aromatic carbocycles. The smallest absolute Gasteiger partial charge is 0.404 e. The van der Waals surface area contributed by atoms with E-state index in [1.165, 1.54) is 6.07 Å². The molecule has 1 rings (SSSR count). The van der Waals surface area contributed by atoms with Gasteiger partial charge in [0, 0.05) is 0 Å². The molecule has 0 radical (unpaired) electrons. The predicted octanol–water partition coefficient (Wildman–Crippen LogP) is 5.66. The molecule has 0 spiro atoms. The Morgan fingerprint density at radius 2 is 1.63 bits per heavy atom. The standard InChI is InChI=1S/C14H18ClF3O/c1-8(2)9-6-12(19-14(16,17)18)11(15)7-10(9)13(3,4)5/h6-8H,1-5H3. The van der Waals surface area contributed by atoms with Gasteiger partial charge in [-0.05, 0) is 34.6 Å². The van der Waals surface area contributed by atoms with Crippen LogP contribution in [-0.4, -0.2) is 6.36 Å². The van der Waals surface area contributed by atoms with Gasteiger partial charge in [0.05, 0.1) is 5.02 Å². The first kappa shape index (κ1) is 16.2. The molecule has 108 valence electrons. The van der Waals surface area contributed by atoms with Gasteiger partial charge in [-0.3, -0.25) is 0 Å². The second-order valence-corrected chi connectivity index (χ2v) is 6.23. The summed E-state index contributed by atoms with van der Waals surface area (Å²) in [4.78, 5) is 0. The summed E-state index contributed by atoms with van der Waals surface area (Å²) in [5, 5.41) is -0.0216. The SMILES string of the molecule is CC(C)c1cc(OC(F)(F)F)c(Cl)cc1C(C)(C)C. The normalized spacial score (nSPS) is 12.9. The molecule has 0 atom stereocenters. The fourth-order valence-electron chi connectivity index (χ4n) is 1.90. The van der Waals surface area contributed by atoms with Crippen molar-refractivity contribution in [2.24, 2.45) is 0 Å². The average molecular weight is 295 g/mol. The van der Waals surface area contributed by atoms with E-state index < -0.39 is 6.36 Å². The molecular formula is C14H18ClF3O. The number of benzene rings is 1. The van der Waals surface area contributed by atoms with Crippen LogP contribution in [0.1, 0.15) is 51.7 Å². The van der Waals surface area contributed by atoms with Crippen LogP contribution in [0, 0.1) is 0 Å². The molecular weight excluding hydrogens is 277 g/mol. The highest BCUT2D eigenvalue weighted by Crippen LogP contribution is 2.39. The van der Waals surface area contributed by atoms with Crippen molar-refractivity contribution in [2.75, 3.05) is 0 Å². The molecule has 0 aliphatic carbocycles. The zero-order chi connectivity index (χ0) is 15.0. The van der Waals surface area contributed by atoms with E-state index in [0.717, 1.165) is 11.1 Å². The summed E-state index contributed by atoms with van der Waals surface area (Å²) < 4.78 is 40.9. The van der Waals surface area contributed by atoms with E-state index in [1.54, 1.807) is 6.07 Å². The lowest BCUT2D eigenvalue weighted by Gasteiger charge is -2.26. The van der Waals surface area contributed by atoms with Gasteiger partial charge in [-0.1, -0.05) is 46.2 Å². The van der Waals surface area contributed by atoms with Crippen molar-refractivity contribution in [2.45, 2.75) is 52.3 Å². The Morgan fingerprint density at radius 3 is 2.00 bits per heavy atom. The van der Waals surface area contributed by atoms with E-state index in [4.69, 9.17) is 11.6 Å². The Kier molecular flexibility index (Phi) is 4.45. The van der Waals surface area contributed by atoms with Crippen LogP contribution < -0.4 is 4.74 Å². The summed E-state index contributed by atoms with van der Waals surface area (Å²) in [6.45, 7) is 9.84. The van der Waals surface area contributed by atoms with E-state index in [2.05, 4.69) is 4.74 Å². The van der Waals surface area contributed by atoms with Gasteiger partial charge in [0.2, 0.25) is 0 Å². The predicted molar refractivity (Wildman–Crippen MR) is 70.9 cm³/mol. The van der Waals surface area contributed by atoms with Crippen molar-refractivity contribution in [1.29, 1.82) is 0 Å². The van der Waals surface area contributed by atoms with Crippen molar-refractivity contribution in [1.82, 2.24) is 0 Å². The van der Waals surface area contributed by atoms with Gasteiger partial charge in [-0.25, -0.2) is 0 Å². The van der Waals surface area contributed by atoms with Gasteiger partial charge in [0.1, 0.15) is 5.75 Å². The molecule has 0 heterocycles. The van der Waals surface area contributed by atoms with E-state index in [0.29, 0.717) is 0 Å². The highest BCUT2D eigenvalue weighted by Gasteiger charge is 2.33. The second kappa shape index (κ2) is 5.23. The van der Waals surface area contributed by atoms with Crippen molar-refractivity contribution < 1.29 is 17.9 Å². The number of ether oxygens (including phenoxy) is 1. The molecule has 0 bridgehead atoms. The Morgan fingerprint density at radius 1 is 1.11 bits per heavy atom. The van der Waals surface area contributed by atoms with Crippen LogP contribution in [0.25, 0.3) is 0 Å². The number of halogens is 4. The van der Waals surface area contributed by atoms with E-state index in [9.17, 15) is 13.2 Å². The second-order valence-electron chi connectivity index (χ2n) is 5.82. The van der Waals surface area contributed by atoms with Crippen LogP contribution in [0.5, 0.6) is 5.75 Å². The first-order valence-corrected chi connectivity index (χ1v) is 6.39. The maximum absolute atomic E-state index is 12.3. The summed E-state index contributed by atoms with van der Waals surface area (Å²) in [6, 6.07) is 2.96. The number of rotatable bonds is 2. The van der Waals surface area contributed by atoms with Crippen LogP contribution in [0.3, 0.4) is 0 Å². The largest absolute Gasteiger partial charge is 0.573 e. The zero-order valence-corrected chi connectivity index (χ0v) is 12.4. The Bertz CT molecular complexity index is 459. The minimum absolute atomic E-state index is 0.0216. The molecule has 0 amide bonds. The molecule has 19 heavy (non-hydrogen) atoms. The van der Waals surface area contributed by atoms with Crippen molar-refractivity contribution in [3.05, 3.63) is 28.3 Å². The van der Waals surface area contributed by atoms with Crippen LogP contribution in [0.4, 0.5) is 13.2 Å². The highest BCUT2D eigenvalue weighted by molar-refractivity contribution is 6.32. The molecule has 1 nitrogen and oxygen atoms in total. The lowest BCUT2D eigenvalue weighted by molar-refractivity contribution is -0.274. The van der Waals surface area contributed by atoms with Gasteiger partial charge in [-0.2, -0.15) is 0 Å². The van der Waals surface area contributed by atoms with Gasteiger partial charge in [-0.15, -0.1) is 13.2 Å². The minimum atomic E-state index is -4.73. The molecule has 0 aromatic heterocycles. The van der Waals surface area contributed by atoms with Crippen LogP contribution in [0.15, 0.2) is 12.1 Å². The molecule has 1 aromatic rings. The lowest BCUT2D eigenvalue weighted by Crippen LogP contribution is -2.19. The van der Waals surface area contributed by atoms with E-state index in [-0.39, 0.29) is 22.1 Å². The number of alkyl halides is 3. The fraction of sp³-hybridized carbons (Fsp3) is 0.571. The fourth-order valence-corrected chi connectivity index (χ4v) is 2.10. The molecule has 0 aliphatic rings. The Hall–Kier alpha value is -0.900. The molecule has 5 heteroatoms. The summed E-state index contributed by atoms with van der Waals surface area (Å²) in [5.41, 5.74) is 1.55. The number of hydrogen-bond donors (Lipinski definition) is 0. The third-order valence-corrected chi connectivity index (χ3v) is 3.06. The minimum Gasteiger partial charge on any atom is -0.404 e. The summed E-state index contributed by atoms with van der Waals surface area (Å²) in [5.74, 6) is -0.257. The topological polar surface area (TPSA) is 9.23 Å². The van der Waals surface area contributed by atoms with E-state index in [1.807, 2.05) is 34.6 Å². The van der Waals surface area contributed by atoms with Crippen LogP contribution in [-0.2, 0) is 5.41 Å². The van der Waals surface area contributed by atoms with Crippen molar-refractivity contribution >= 4 is 11.6 Å². The summed E-state index contributed by atoms with van der Waals surface area (Å²) >= 11 is 5.89. The van der Waals surface area contributed by atoms with Gasteiger partial charge < -0.3 is 4.74 Å². The molecule has 0 fully saturated rings. The number of hydrogen-bond acceptors (Lipinski definition) is 1. The quantitative estimate of drug-likeness (QED) is 0.684. The van der Waals surface area contributed by atoms with Gasteiger partial charge in [0.25, 0.3) is 0 Å². The Labute approximate surface area is 116 Å². The van der Waals surface area contributed by atoms with Crippen LogP contribution >= 0.6 is 11.6 Å². The Balaban J connectivity index is 3.37. The molecule has 0 saturated carbocycles. The first-order chi connectivity index (χ1) is 8.42. The molecule has 0 saturated heterocycles. The molecule has 0 unspecified atom stereocenters. The van der Waals surface area contributed by atoms with Crippen molar-refractivity contribution in [3.63, 3.8) is 0 Å². The lowest BCUT2D eigenvalue weighted by atomic mass is 9.80. The summed E-state index contributed by atoms with van der Waals surface area (Å²) in [6.07, 6.45) is -4.73. The third-order valence-electron chi connectivity index (χ3n) is 2.76. The highest BCUT2D eigenvalue weighted by atomic mass is 35.5. The third kappa shape index (κ3) is 4.30. The average Bonchev–Trinajstić information content (AvgIpc) is 2.16. The first-order valence-electron chi connectivity index (χ1n) is 6.01. The van der Waals surface area contributed by atoms with Crippen molar-refractivity contribution in [3.8, 4) is 5.75 Å².